The van der Waals surface area contributed by atoms with Gasteiger partial charge in [0.2, 0.25) is 0 Å². The van der Waals surface area contributed by atoms with E-state index in [0.717, 1.165) is 62.7 Å². The maximum Gasteiger partial charge on any atom is 0.319 e. The minimum Gasteiger partial charge on any atom is -0.338 e. The first kappa shape index (κ1) is 22.8. The number of rotatable bonds is 6. The van der Waals surface area contributed by atoms with Crippen LogP contribution in [0.25, 0.3) is 0 Å². The molecule has 2 aromatic carbocycles. The molecular weight excluding hydrogens is 424 g/mol. The van der Waals surface area contributed by atoms with Gasteiger partial charge < -0.3 is 21.3 Å². The van der Waals surface area contributed by atoms with Crippen LogP contribution in [0.15, 0.2) is 36.4 Å². The fourth-order valence-electron chi connectivity index (χ4n) is 5.90. The van der Waals surface area contributed by atoms with Crippen LogP contribution in [0.2, 0.25) is 0 Å². The highest BCUT2D eigenvalue weighted by Crippen LogP contribution is 2.29. The van der Waals surface area contributed by atoms with E-state index in [1.165, 1.54) is 35.1 Å². The molecule has 0 heterocycles. The van der Waals surface area contributed by atoms with Crippen molar-refractivity contribution in [3.63, 3.8) is 0 Å². The Balaban J connectivity index is 1.02. The third-order valence-electron chi connectivity index (χ3n) is 7.71. The molecule has 4 amide bonds. The number of amides is 4. The van der Waals surface area contributed by atoms with Crippen LogP contribution in [0.3, 0.4) is 0 Å². The number of urea groups is 2. The SMILES string of the molecule is O=C(NC[C@H]1CCC[C@@H](CNC(=O)Nc2ccc3c(c2)CCC3)C1)Nc1ccc2c(c1)CCC2. The van der Waals surface area contributed by atoms with Crippen LogP contribution in [0.1, 0.15) is 60.8 Å². The molecule has 3 aliphatic rings. The molecule has 0 bridgehead atoms. The van der Waals surface area contributed by atoms with Crippen LogP contribution in [-0.2, 0) is 25.7 Å². The van der Waals surface area contributed by atoms with E-state index >= 15 is 0 Å². The molecule has 0 spiro atoms. The van der Waals surface area contributed by atoms with Crippen LogP contribution in [0.4, 0.5) is 21.0 Å². The number of nitrogens with one attached hydrogen (secondary N) is 4. The van der Waals surface area contributed by atoms with E-state index in [4.69, 9.17) is 0 Å². The Bertz CT molecular complexity index is 969. The summed E-state index contributed by atoms with van der Waals surface area (Å²) in [6, 6.07) is 12.2. The Labute approximate surface area is 202 Å². The van der Waals surface area contributed by atoms with Gasteiger partial charge in [-0.15, -0.1) is 0 Å². The van der Waals surface area contributed by atoms with Crippen molar-refractivity contribution >= 4 is 23.4 Å². The van der Waals surface area contributed by atoms with E-state index in [1.54, 1.807) is 0 Å². The molecule has 6 heteroatoms. The van der Waals surface area contributed by atoms with Crippen molar-refractivity contribution in [3.8, 4) is 0 Å². The number of hydrogen-bond acceptors (Lipinski definition) is 2. The number of fused-ring (bicyclic) bond motifs is 2. The monoisotopic (exact) mass is 460 g/mol. The Morgan fingerprint density at radius 2 is 1.12 bits per heavy atom. The van der Waals surface area contributed by atoms with Gasteiger partial charge in [-0.2, -0.15) is 0 Å². The van der Waals surface area contributed by atoms with Crippen molar-refractivity contribution in [2.24, 2.45) is 11.8 Å². The lowest BCUT2D eigenvalue weighted by molar-refractivity contribution is 0.230. The second-order valence-corrected chi connectivity index (χ2v) is 10.2. The fourth-order valence-corrected chi connectivity index (χ4v) is 5.90. The Kier molecular flexibility index (Phi) is 7.02. The molecule has 1 saturated carbocycles. The number of anilines is 2. The number of aryl methyl sites for hydroxylation is 4. The van der Waals surface area contributed by atoms with Crippen LogP contribution in [0, 0.1) is 11.8 Å². The van der Waals surface area contributed by atoms with Crippen molar-refractivity contribution in [2.45, 2.75) is 64.2 Å². The summed E-state index contributed by atoms with van der Waals surface area (Å²) in [6.45, 7) is 1.35. The van der Waals surface area contributed by atoms with E-state index in [1.807, 2.05) is 12.1 Å². The average Bonchev–Trinajstić information content (AvgIpc) is 3.50. The maximum atomic E-state index is 12.4. The van der Waals surface area contributed by atoms with Gasteiger partial charge in [-0.1, -0.05) is 18.6 Å². The number of hydrogen-bond donors (Lipinski definition) is 4. The highest BCUT2D eigenvalue weighted by molar-refractivity contribution is 5.90. The average molecular weight is 461 g/mol. The standard InChI is InChI=1S/C28H36N4O2/c33-27(31-25-12-10-21-6-2-8-23(21)15-25)29-17-19-4-1-5-20(14-19)18-30-28(34)32-26-13-11-22-7-3-9-24(22)16-26/h10-13,15-16,19-20H,1-9,14,17-18H2,(H2,29,31,33)(H2,30,32,34)/t19-,20+. The largest absolute Gasteiger partial charge is 0.338 e. The summed E-state index contributed by atoms with van der Waals surface area (Å²) in [4.78, 5) is 24.8. The van der Waals surface area contributed by atoms with Gasteiger partial charge in [0, 0.05) is 24.5 Å². The predicted octanol–water partition coefficient (Wildman–Crippen LogP) is 5.41. The van der Waals surface area contributed by atoms with Crippen LogP contribution < -0.4 is 21.3 Å². The zero-order chi connectivity index (χ0) is 23.3. The molecule has 3 aliphatic carbocycles. The zero-order valence-electron chi connectivity index (χ0n) is 19.9. The first-order chi connectivity index (χ1) is 16.6. The van der Waals surface area contributed by atoms with Crippen molar-refractivity contribution in [1.82, 2.24) is 10.6 Å². The molecule has 0 saturated heterocycles. The second-order valence-electron chi connectivity index (χ2n) is 10.2. The normalized spacial score (nSPS) is 20.8. The molecule has 1 fully saturated rings. The van der Waals surface area contributed by atoms with Crippen molar-refractivity contribution in [3.05, 3.63) is 58.7 Å². The van der Waals surface area contributed by atoms with Gasteiger partial charge in [-0.05, 0) is 116 Å². The lowest BCUT2D eigenvalue weighted by Crippen LogP contribution is -2.38. The summed E-state index contributed by atoms with van der Waals surface area (Å²) < 4.78 is 0. The summed E-state index contributed by atoms with van der Waals surface area (Å²) in [5.41, 5.74) is 7.29. The van der Waals surface area contributed by atoms with E-state index < -0.39 is 0 Å². The van der Waals surface area contributed by atoms with Gasteiger partial charge in [-0.25, -0.2) is 9.59 Å². The third kappa shape index (κ3) is 5.72. The summed E-state index contributed by atoms with van der Waals surface area (Å²) in [5.74, 6) is 0.900. The molecule has 34 heavy (non-hydrogen) atoms. The van der Waals surface area contributed by atoms with Crippen LogP contribution >= 0.6 is 0 Å². The van der Waals surface area contributed by atoms with E-state index in [2.05, 4.69) is 45.5 Å². The Hall–Kier alpha value is -3.02. The molecule has 0 aromatic heterocycles. The quantitative estimate of drug-likeness (QED) is 0.465. The smallest absolute Gasteiger partial charge is 0.319 e. The number of carbonyl (C=O) groups excluding carboxylic acids is 2. The van der Waals surface area contributed by atoms with Crippen molar-refractivity contribution in [1.29, 1.82) is 0 Å². The van der Waals surface area contributed by atoms with Gasteiger partial charge in [0.1, 0.15) is 0 Å². The van der Waals surface area contributed by atoms with E-state index in [-0.39, 0.29) is 12.1 Å². The van der Waals surface area contributed by atoms with E-state index in [0.29, 0.717) is 24.9 Å². The molecular formula is C28H36N4O2. The van der Waals surface area contributed by atoms with Gasteiger partial charge in [0.25, 0.3) is 0 Å². The highest BCUT2D eigenvalue weighted by Gasteiger charge is 2.23. The minimum atomic E-state index is -0.132. The predicted molar refractivity (Wildman–Crippen MR) is 136 cm³/mol. The third-order valence-corrected chi connectivity index (χ3v) is 7.71. The molecule has 0 aliphatic heterocycles. The maximum absolute atomic E-state index is 12.4. The molecule has 0 radical (unpaired) electrons. The molecule has 4 N–H and O–H groups in total. The lowest BCUT2D eigenvalue weighted by Gasteiger charge is -2.29. The molecule has 5 rings (SSSR count). The molecule has 180 valence electrons. The van der Waals surface area contributed by atoms with Gasteiger partial charge in [-0.3, -0.25) is 0 Å². The number of benzene rings is 2. The van der Waals surface area contributed by atoms with Crippen molar-refractivity contribution < 1.29 is 9.59 Å². The highest BCUT2D eigenvalue weighted by atomic mass is 16.2. The zero-order valence-corrected chi connectivity index (χ0v) is 19.9. The van der Waals surface area contributed by atoms with E-state index in [9.17, 15) is 9.59 Å². The van der Waals surface area contributed by atoms with Gasteiger partial charge in [0.05, 0.1) is 0 Å². The van der Waals surface area contributed by atoms with Crippen LogP contribution in [0.5, 0.6) is 0 Å². The molecule has 0 unspecified atom stereocenters. The van der Waals surface area contributed by atoms with Crippen molar-refractivity contribution in [2.75, 3.05) is 23.7 Å². The summed E-state index contributed by atoms with van der Waals surface area (Å²) in [6.07, 6.45) is 11.3. The first-order valence-corrected chi connectivity index (χ1v) is 13.0. The van der Waals surface area contributed by atoms with Crippen LogP contribution in [-0.4, -0.2) is 25.2 Å². The first-order valence-electron chi connectivity index (χ1n) is 13.0. The molecule has 6 nitrogen and oxygen atoms in total. The lowest BCUT2D eigenvalue weighted by atomic mass is 9.81. The summed E-state index contributed by atoms with van der Waals surface area (Å²) in [7, 11) is 0. The fraction of sp³-hybridized carbons (Fsp3) is 0.500. The van der Waals surface area contributed by atoms with Gasteiger partial charge in [0.15, 0.2) is 0 Å². The summed E-state index contributed by atoms with van der Waals surface area (Å²) in [5, 5.41) is 12.1. The molecule has 2 aromatic rings. The minimum absolute atomic E-state index is 0.132. The van der Waals surface area contributed by atoms with Gasteiger partial charge >= 0.3 is 12.1 Å². The second kappa shape index (κ2) is 10.5. The molecule has 2 atom stereocenters. The Morgan fingerprint density at radius 3 is 1.62 bits per heavy atom. The Morgan fingerprint density at radius 1 is 0.647 bits per heavy atom. The summed E-state index contributed by atoms with van der Waals surface area (Å²) >= 11 is 0. The number of carbonyl (C=O) groups is 2. The topological polar surface area (TPSA) is 82.3 Å².